The van der Waals surface area contributed by atoms with E-state index in [1.54, 1.807) is 24.3 Å². The summed E-state index contributed by atoms with van der Waals surface area (Å²) in [6.07, 6.45) is 0. The average molecular weight is 386 g/mol. The molecular weight excluding hydrogens is 366 g/mol. The van der Waals surface area contributed by atoms with Crippen LogP contribution in [0.15, 0.2) is 59.0 Å². The quantitative estimate of drug-likeness (QED) is 0.582. The van der Waals surface area contributed by atoms with E-state index in [2.05, 4.69) is 5.48 Å². The van der Waals surface area contributed by atoms with Crippen LogP contribution in [0.1, 0.15) is 33.0 Å². The number of furan rings is 1. The molecule has 0 aliphatic carbocycles. The highest BCUT2D eigenvalue weighted by atomic mass is 35.5. The van der Waals surface area contributed by atoms with Crippen LogP contribution in [0.4, 0.5) is 0 Å². The van der Waals surface area contributed by atoms with E-state index in [1.165, 1.54) is 5.56 Å². The zero-order chi connectivity index (χ0) is 19.2. The average Bonchev–Trinajstić information content (AvgIpc) is 3.13. The molecule has 27 heavy (non-hydrogen) atoms. The first-order chi connectivity index (χ1) is 13.0. The van der Waals surface area contributed by atoms with Gasteiger partial charge < -0.3 is 9.15 Å². The van der Waals surface area contributed by atoms with Gasteiger partial charge in [-0.1, -0.05) is 41.4 Å². The second-order valence-electron chi connectivity index (χ2n) is 6.17. The monoisotopic (exact) mass is 385 g/mol. The summed E-state index contributed by atoms with van der Waals surface area (Å²) in [7, 11) is 0. The number of benzene rings is 2. The Kier molecular flexibility index (Phi) is 6.16. The molecular formula is C21H20ClNO4. The zero-order valence-electron chi connectivity index (χ0n) is 15.1. The second kappa shape index (κ2) is 8.75. The van der Waals surface area contributed by atoms with Gasteiger partial charge in [0.05, 0.1) is 6.61 Å². The van der Waals surface area contributed by atoms with Crippen molar-refractivity contribution in [3.63, 3.8) is 0 Å². The van der Waals surface area contributed by atoms with Gasteiger partial charge in [-0.15, -0.1) is 0 Å². The molecule has 0 saturated carbocycles. The fourth-order valence-corrected chi connectivity index (χ4v) is 2.48. The number of hydrogen-bond acceptors (Lipinski definition) is 4. The van der Waals surface area contributed by atoms with Gasteiger partial charge in [-0.3, -0.25) is 9.63 Å². The number of aryl methyl sites for hydroxylation is 2. The topological polar surface area (TPSA) is 60.7 Å². The van der Waals surface area contributed by atoms with Crippen molar-refractivity contribution in [3.05, 3.63) is 87.8 Å². The van der Waals surface area contributed by atoms with Crippen LogP contribution in [-0.4, -0.2) is 5.91 Å². The molecule has 0 atom stereocenters. The minimum absolute atomic E-state index is 0.157. The van der Waals surface area contributed by atoms with E-state index in [0.717, 1.165) is 11.1 Å². The highest BCUT2D eigenvalue weighted by Crippen LogP contribution is 2.22. The molecule has 0 radical (unpaired) electrons. The van der Waals surface area contributed by atoms with Gasteiger partial charge in [0.1, 0.15) is 18.1 Å². The fraction of sp³-hybridized carbons (Fsp3) is 0.190. The van der Waals surface area contributed by atoms with Crippen molar-refractivity contribution in [1.29, 1.82) is 0 Å². The highest BCUT2D eigenvalue weighted by molar-refractivity contribution is 6.31. The predicted molar refractivity (Wildman–Crippen MR) is 103 cm³/mol. The van der Waals surface area contributed by atoms with Gasteiger partial charge in [0.2, 0.25) is 0 Å². The van der Waals surface area contributed by atoms with Crippen LogP contribution in [0.25, 0.3) is 0 Å². The summed E-state index contributed by atoms with van der Waals surface area (Å²) in [4.78, 5) is 17.3. The Morgan fingerprint density at radius 3 is 2.56 bits per heavy atom. The molecule has 3 aromatic rings. The first-order valence-electron chi connectivity index (χ1n) is 8.46. The SMILES string of the molecule is Cc1ccc(CONC(=O)c2ccc(COc3ccc(Cl)c(C)c3)o2)cc1. The van der Waals surface area contributed by atoms with E-state index < -0.39 is 5.91 Å². The number of hydrogen-bond donors (Lipinski definition) is 1. The van der Waals surface area contributed by atoms with Gasteiger partial charge in [-0.05, 0) is 55.3 Å². The third-order valence-corrected chi connectivity index (χ3v) is 4.34. The van der Waals surface area contributed by atoms with Gasteiger partial charge in [-0.25, -0.2) is 5.48 Å². The van der Waals surface area contributed by atoms with Crippen LogP contribution in [0.3, 0.4) is 0 Å². The first-order valence-corrected chi connectivity index (χ1v) is 8.84. The zero-order valence-corrected chi connectivity index (χ0v) is 15.9. The molecule has 6 heteroatoms. The maximum Gasteiger partial charge on any atom is 0.310 e. The maximum atomic E-state index is 12.1. The summed E-state index contributed by atoms with van der Waals surface area (Å²) in [5, 5.41) is 0.685. The Morgan fingerprint density at radius 1 is 1.04 bits per heavy atom. The maximum absolute atomic E-state index is 12.1. The molecule has 1 N–H and O–H groups in total. The van der Waals surface area contributed by atoms with E-state index in [-0.39, 0.29) is 19.0 Å². The van der Waals surface area contributed by atoms with Crippen molar-refractivity contribution in [1.82, 2.24) is 5.48 Å². The number of carbonyl (C=O) groups excluding carboxylic acids is 1. The van der Waals surface area contributed by atoms with E-state index in [0.29, 0.717) is 16.5 Å². The lowest BCUT2D eigenvalue weighted by Gasteiger charge is -2.06. The van der Waals surface area contributed by atoms with E-state index >= 15 is 0 Å². The number of amides is 1. The fourth-order valence-electron chi connectivity index (χ4n) is 2.36. The molecule has 140 valence electrons. The van der Waals surface area contributed by atoms with Crippen molar-refractivity contribution in [2.24, 2.45) is 0 Å². The smallest absolute Gasteiger partial charge is 0.310 e. The van der Waals surface area contributed by atoms with Gasteiger partial charge >= 0.3 is 5.91 Å². The van der Waals surface area contributed by atoms with Gasteiger partial charge in [0.25, 0.3) is 0 Å². The number of ether oxygens (including phenoxy) is 1. The first kappa shape index (κ1) is 19.0. The van der Waals surface area contributed by atoms with Gasteiger partial charge in [0.15, 0.2) is 5.76 Å². The van der Waals surface area contributed by atoms with Crippen molar-refractivity contribution in [2.45, 2.75) is 27.1 Å². The molecule has 5 nitrogen and oxygen atoms in total. The summed E-state index contributed by atoms with van der Waals surface area (Å²) in [5.41, 5.74) is 5.44. The lowest BCUT2D eigenvalue weighted by atomic mass is 10.2. The molecule has 0 spiro atoms. The van der Waals surface area contributed by atoms with E-state index in [1.807, 2.05) is 44.2 Å². The van der Waals surface area contributed by atoms with E-state index in [4.69, 9.17) is 25.6 Å². The molecule has 0 unspecified atom stereocenters. The third kappa shape index (κ3) is 5.36. The minimum Gasteiger partial charge on any atom is -0.486 e. The lowest BCUT2D eigenvalue weighted by Crippen LogP contribution is -2.23. The van der Waals surface area contributed by atoms with Crippen LogP contribution in [-0.2, 0) is 18.1 Å². The molecule has 1 heterocycles. The second-order valence-corrected chi connectivity index (χ2v) is 6.58. The molecule has 1 amide bonds. The number of hydroxylamine groups is 1. The molecule has 0 bridgehead atoms. The Balaban J connectivity index is 1.48. The van der Waals surface area contributed by atoms with Crippen LogP contribution >= 0.6 is 11.6 Å². The summed E-state index contributed by atoms with van der Waals surface area (Å²) in [6.45, 7) is 4.40. The van der Waals surface area contributed by atoms with Gasteiger partial charge in [-0.2, -0.15) is 0 Å². The van der Waals surface area contributed by atoms with Crippen molar-refractivity contribution < 1.29 is 18.8 Å². The minimum atomic E-state index is -0.448. The summed E-state index contributed by atoms with van der Waals surface area (Å²) >= 11 is 5.99. The predicted octanol–water partition coefficient (Wildman–Crippen LogP) is 4.99. The number of nitrogens with one attached hydrogen (secondary N) is 1. The largest absolute Gasteiger partial charge is 0.486 e. The normalized spacial score (nSPS) is 10.6. The molecule has 0 aliphatic heterocycles. The number of halogens is 1. The van der Waals surface area contributed by atoms with Crippen LogP contribution < -0.4 is 10.2 Å². The number of rotatable bonds is 7. The van der Waals surface area contributed by atoms with Crippen molar-refractivity contribution in [3.8, 4) is 5.75 Å². The molecule has 1 aromatic heterocycles. The Hall–Kier alpha value is -2.76. The lowest BCUT2D eigenvalue weighted by molar-refractivity contribution is 0.0210. The van der Waals surface area contributed by atoms with E-state index in [9.17, 15) is 4.79 Å². The number of carbonyl (C=O) groups is 1. The molecule has 2 aromatic carbocycles. The van der Waals surface area contributed by atoms with Crippen molar-refractivity contribution >= 4 is 17.5 Å². The third-order valence-electron chi connectivity index (χ3n) is 3.92. The highest BCUT2D eigenvalue weighted by Gasteiger charge is 2.12. The van der Waals surface area contributed by atoms with Crippen LogP contribution in [0, 0.1) is 13.8 Å². The van der Waals surface area contributed by atoms with Crippen LogP contribution in [0.5, 0.6) is 5.75 Å². The molecule has 0 fully saturated rings. The van der Waals surface area contributed by atoms with Crippen molar-refractivity contribution in [2.75, 3.05) is 0 Å². The van der Waals surface area contributed by atoms with Gasteiger partial charge in [0, 0.05) is 5.02 Å². The molecule has 3 rings (SSSR count). The molecule has 0 saturated heterocycles. The molecule has 0 aliphatic rings. The van der Waals surface area contributed by atoms with Crippen LogP contribution in [0.2, 0.25) is 5.02 Å². The summed E-state index contributed by atoms with van der Waals surface area (Å²) < 4.78 is 11.2. The summed E-state index contributed by atoms with van der Waals surface area (Å²) in [6, 6.07) is 16.5. The Morgan fingerprint density at radius 2 is 1.81 bits per heavy atom. The Labute approximate surface area is 162 Å². The standard InChI is InChI=1S/C21H20ClNO4/c1-14-3-5-16(6-4-14)12-26-23-21(24)20-10-8-18(27-20)13-25-17-7-9-19(22)15(2)11-17/h3-11H,12-13H2,1-2H3,(H,23,24). The summed E-state index contributed by atoms with van der Waals surface area (Å²) in [5.74, 6) is 0.924. The Bertz CT molecular complexity index is 918.